The number of benzene rings is 1. The van der Waals surface area contributed by atoms with Crippen molar-refractivity contribution in [3.8, 4) is 11.5 Å². The normalized spacial score (nSPS) is 17.3. The molecule has 0 aliphatic carbocycles. The SMILES string of the molecule is CCOc1ccc(NC(=O)CN2CCCC(CCC(=O)O)C2)cc1OCC. The highest BCUT2D eigenvalue weighted by molar-refractivity contribution is 5.92. The summed E-state index contributed by atoms with van der Waals surface area (Å²) in [6, 6.07) is 5.38. The number of hydrogen-bond donors (Lipinski definition) is 2. The third kappa shape index (κ3) is 7.09. The molecule has 7 heteroatoms. The molecule has 0 aromatic heterocycles. The fourth-order valence-corrected chi connectivity index (χ4v) is 3.39. The third-order valence-corrected chi connectivity index (χ3v) is 4.56. The Morgan fingerprint density at radius 2 is 1.96 bits per heavy atom. The van der Waals surface area contributed by atoms with Gasteiger partial charge in [-0.25, -0.2) is 0 Å². The zero-order valence-electron chi connectivity index (χ0n) is 16.2. The highest BCUT2D eigenvalue weighted by atomic mass is 16.5. The average molecular weight is 378 g/mol. The van der Waals surface area contributed by atoms with Crippen LogP contribution in [0, 0.1) is 5.92 Å². The summed E-state index contributed by atoms with van der Waals surface area (Å²) in [6.07, 6.45) is 2.89. The lowest BCUT2D eigenvalue weighted by Crippen LogP contribution is -2.40. The molecule has 1 aromatic rings. The first kappa shape index (κ1) is 21.0. The molecular formula is C20H30N2O5. The maximum atomic E-state index is 12.4. The number of carbonyl (C=O) groups is 2. The van der Waals surface area contributed by atoms with Crippen molar-refractivity contribution in [1.29, 1.82) is 0 Å². The maximum Gasteiger partial charge on any atom is 0.303 e. The van der Waals surface area contributed by atoms with E-state index in [2.05, 4.69) is 10.2 Å². The predicted molar refractivity (Wildman–Crippen MR) is 103 cm³/mol. The Bertz CT molecular complexity index is 635. The number of aliphatic carboxylic acids is 1. The molecule has 150 valence electrons. The molecule has 0 saturated carbocycles. The number of amides is 1. The Hall–Kier alpha value is -2.28. The number of nitrogens with zero attached hydrogens (tertiary/aromatic N) is 1. The van der Waals surface area contributed by atoms with Crippen LogP contribution in [0.25, 0.3) is 0 Å². The fourth-order valence-electron chi connectivity index (χ4n) is 3.39. The zero-order valence-corrected chi connectivity index (χ0v) is 16.2. The van der Waals surface area contributed by atoms with E-state index in [4.69, 9.17) is 14.6 Å². The van der Waals surface area contributed by atoms with Gasteiger partial charge in [-0.2, -0.15) is 0 Å². The van der Waals surface area contributed by atoms with Crippen molar-refractivity contribution in [2.45, 2.75) is 39.5 Å². The Balaban J connectivity index is 1.89. The molecular weight excluding hydrogens is 348 g/mol. The summed E-state index contributed by atoms with van der Waals surface area (Å²) in [5, 5.41) is 11.7. The van der Waals surface area contributed by atoms with Gasteiger partial charge in [-0.05, 0) is 57.7 Å². The molecule has 1 amide bonds. The second kappa shape index (κ2) is 10.8. The van der Waals surface area contributed by atoms with E-state index >= 15 is 0 Å². The number of carbonyl (C=O) groups excluding carboxylic acids is 1. The van der Waals surface area contributed by atoms with Gasteiger partial charge in [0.1, 0.15) is 0 Å². The van der Waals surface area contributed by atoms with E-state index in [1.807, 2.05) is 13.8 Å². The molecule has 27 heavy (non-hydrogen) atoms. The quantitative estimate of drug-likeness (QED) is 0.651. The number of anilines is 1. The van der Waals surface area contributed by atoms with Gasteiger partial charge in [-0.15, -0.1) is 0 Å². The van der Waals surface area contributed by atoms with E-state index in [9.17, 15) is 9.59 Å². The number of likely N-dealkylation sites (tertiary alicyclic amines) is 1. The number of nitrogens with one attached hydrogen (secondary N) is 1. The van der Waals surface area contributed by atoms with Gasteiger partial charge in [0, 0.05) is 24.7 Å². The number of hydrogen-bond acceptors (Lipinski definition) is 5. The summed E-state index contributed by atoms with van der Waals surface area (Å²) in [5.41, 5.74) is 0.673. The van der Waals surface area contributed by atoms with Crippen molar-refractivity contribution < 1.29 is 24.2 Å². The predicted octanol–water partition coefficient (Wildman–Crippen LogP) is 3.00. The zero-order chi connectivity index (χ0) is 19.6. The first-order chi connectivity index (χ1) is 13.0. The second-order valence-corrected chi connectivity index (χ2v) is 6.75. The minimum Gasteiger partial charge on any atom is -0.490 e. The van der Waals surface area contributed by atoms with Crippen LogP contribution in [0.1, 0.15) is 39.5 Å². The van der Waals surface area contributed by atoms with Crippen LogP contribution < -0.4 is 14.8 Å². The monoisotopic (exact) mass is 378 g/mol. The van der Waals surface area contributed by atoms with Crippen LogP contribution in [0.5, 0.6) is 11.5 Å². The lowest BCUT2D eigenvalue weighted by molar-refractivity contribution is -0.137. The molecule has 2 N–H and O–H groups in total. The number of ether oxygens (including phenoxy) is 2. The molecule has 0 bridgehead atoms. The van der Waals surface area contributed by atoms with Crippen LogP contribution in [0.2, 0.25) is 0 Å². The van der Waals surface area contributed by atoms with Gasteiger partial charge >= 0.3 is 5.97 Å². The molecule has 0 spiro atoms. The molecule has 7 nitrogen and oxygen atoms in total. The van der Waals surface area contributed by atoms with Crippen LogP contribution in [0.3, 0.4) is 0 Å². The molecule has 1 aliphatic rings. The molecule has 0 radical (unpaired) electrons. The van der Waals surface area contributed by atoms with Gasteiger partial charge in [0.25, 0.3) is 0 Å². The first-order valence-corrected chi connectivity index (χ1v) is 9.65. The lowest BCUT2D eigenvalue weighted by Gasteiger charge is -2.32. The highest BCUT2D eigenvalue weighted by Gasteiger charge is 2.22. The maximum absolute atomic E-state index is 12.4. The first-order valence-electron chi connectivity index (χ1n) is 9.65. The van der Waals surface area contributed by atoms with Crippen LogP contribution in [-0.2, 0) is 9.59 Å². The van der Waals surface area contributed by atoms with E-state index in [0.29, 0.717) is 49.3 Å². The van der Waals surface area contributed by atoms with Crippen LogP contribution >= 0.6 is 0 Å². The largest absolute Gasteiger partial charge is 0.490 e. The standard InChI is InChI=1S/C20H30N2O5/c1-3-26-17-9-8-16(12-18(17)27-4-2)21-19(23)14-22-11-5-6-15(13-22)7-10-20(24)25/h8-9,12,15H,3-7,10-11,13-14H2,1-2H3,(H,21,23)(H,24,25). The highest BCUT2D eigenvalue weighted by Crippen LogP contribution is 2.30. The number of rotatable bonds is 10. The minimum absolute atomic E-state index is 0.0829. The van der Waals surface area contributed by atoms with Crippen molar-refractivity contribution in [2.75, 3.05) is 38.2 Å². The average Bonchev–Trinajstić information content (AvgIpc) is 2.63. The molecule has 1 atom stereocenters. The van der Waals surface area contributed by atoms with Crippen molar-refractivity contribution in [1.82, 2.24) is 4.90 Å². The molecule has 1 fully saturated rings. The van der Waals surface area contributed by atoms with E-state index in [-0.39, 0.29) is 12.3 Å². The molecule has 2 rings (SSSR count). The Labute approximate surface area is 160 Å². The van der Waals surface area contributed by atoms with Gasteiger partial charge in [-0.1, -0.05) is 0 Å². The molecule has 1 unspecified atom stereocenters. The molecule has 1 saturated heterocycles. The van der Waals surface area contributed by atoms with Gasteiger partial charge < -0.3 is 19.9 Å². The van der Waals surface area contributed by atoms with E-state index in [1.165, 1.54) is 0 Å². The smallest absolute Gasteiger partial charge is 0.303 e. The van der Waals surface area contributed by atoms with E-state index in [1.54, 1.807) is 18.2 Å². The Morgan fingerprint density at radius 3 is 2.67 bits per heavy atom. The van der Waals surface area contributed by atoms with Crippen molar-refractivity contribution in [2.24, 2.45) is 5.92 Å². The summed E-state index contributed by atoms with van der Waals surface area (Å²) in [5.74, 6) is 0.780. The van der Waals surface area contributed by atoms with E-state index < -0.39 is 5.97 Å². The van der Waals surface area contributed by atoms with E-state index in [0.717, 1.165) is 25.9 Å². The van der Waals surface area contributed by atoms with Gasteiger partial charge in [0.05, 0.1) is 19.8 Å². The van der Waals surface area contributed by atoms with Gasteiger partial charge in [0.15, 0.2) is 11.5 Å². The topological polar surface area (TPSA) is 88.1 Å². The summed E-state index contributed by atoms with van der Waals surface area (Å²) in [7, 11) is 0. The lowest BCUT2D eigenvalue weighted by atomic mass is 9.93. The van der Waals surface area contributed by atoms with Crippen LogP contribution in [0.15, 0.2) is 18.2 Å². The van der Waals surface area contributed by atoms with Crippen molar-refractivity contribution in [3.63, 3.8) is 0 Å². The van der Waals surface area contributed by atoms with Crippen LogP contribution in [0.4, 0.5) is 5.69 Å². The summed E-state index contributed by atoms with van der Waals surface area (Å²) in [4.78, 5) is 25.3. The van der Waals surface area contributed by atoms with Crippen molar-refractivity contribution in [3.05, 3.63) is 18.2 Å². The number of piperidine rings is 1. The summed E-state index contributed by atoms with van der Waals surface area (Å²) in [6.45, 7) is 6.82. The fraction of sp³-hybridized carbons (Fsp3) is 0.600. The van der Waals surface area contributed by atoms with Gasteiger partial charge in [0.2, 0.25) is 5.91 Å². The molecule has 1 aromatic carbocycles. The number of carboxylic acid groups (broad SMARTS) is 1. The second-order valence-electron chi connectivity index (χ2n) is 6.75. The summed E-state index contributed by atoms with van der Waals surface area (Å²) < 4.78 is 11.1. The van der Waals surface area contributed by atoms with Crippen molar-refractivity contribution >= 4 is 17.6 Å². The van der Waals surface area contributed by atoms with Crippen LogP contribution in [-0.4, -0.2) is 54.7 Å². The Kier molecular flexibility index (Phi) is 8.39. The molecule has 1 heterocycles. The number of carboxylic acids is 1. The third-order valence-electron chi connectivity index (χ3n) is 4.56. The minimum atomic E-state index is -0.759. The summed E-state index contributed by atoms with van der Waals surface area (Å²) >= 11 is 0. The molecule has 1 aliphatic heterocycles. The Morgan fingerprint density at radius 1 is 1.22 bits per heavy atom. The van der Waals surface area contributed by atoms with Gasteiger partial charge in [-0.3, -0.25) is 14.5 Å².